The van der Waals surface area contributed by atoms with Crippen molar-refractivity contribution in [3.8, 4) is 11.1 Å². The highest BCUT2D eigenvalue weighted by atomic mass is 16.6. The third-order valence-corrected chi connectivity index (χ3v) is 5.57. The van der Waals surface area contributed by atoms with Gasteiger partial charge in [-0.05, 0) is 22.1 Å². The van der Waals surface area contributed by atoms with Crippen LogP contribution in [0.25, 0.3) is 11.1 Å². The summed E-state index contributed by atoms with van der Waals surface area (Å²) in [6.07, 6.45) is 1.60. The van der Waals surface area contributed by atoms with Crippen LogP contribution in [0.5, 0.6) is 0 Å². The number of aliphatic hydroxyl groups is 1. The Kier molecular flexibility index (Phi) is 4.23. The second-order valence-corrected chi connectivity index (χ2v) is 8.80. The minimum Gasteiger partial charge on any atom is -0.467 e. The Morgan fingerprint density at radius 2 is 1.56 bits per heavy atom. The van der Waals surface area contributed by atoms with Crippen LogP contribution in [0.4, 0.5) is 0 Å². The molecule has 0 saturated heterocycles. The first kappa shape index (κ1) is 18.0. The van der Waals surface area contributed by atoms with Crippen molar-refractivity contribution < 1.29 is 14.6 Å². The minimum absolute atomic E-state index is 0.128. The maximum absolute atomic E-state index is 12.9. The maximum Gasteiger partial charge on any atom is 0.205 e. The molecule has 1 heterocycles. The Bertz CT molecular complexity index is 885. The molecule has 2 aromatic carbocycles. The van der Waals surface area contributed by atoms with Gasteiger partial charge in [-0.3, -0.25) is 4.79 Å². The quantitative estimate of drug-likeness (QED) is 0.798. The van der Waals surface area contributed by atoms with Crippen molar-refractivity contribution in [2.24, 2.45) is 5.41 Å². The number of Topliss-reactive ketones (excluding diaryl/α,β-unsaturated/α-hetero) is 1. The number of ether oxygens (including phenoxy) is 1. The van der Waals surface area contributed by atoms with Gasteiger partial charge in [0.25, 0.3) is 0 Å². The van der Waals surface area contributed by atoms with E-state index in [1.807, 2.05) is 18.2 Å². The normalized spacial score (nSPS) is 27.1. The monoisotopic (exact) mass is 362 g/mol. The van der Waals surface area contributed by atoms with Gasteiger partial charge >= 0.3 is 0 Å². The number of ketones is 1. The highest BCUT2D eigenvalue weighted by Gasteiger charge is 2.45. The van der Waals surface area contributed by atoms with E-state index in [1.54, 1.807) is 6.92 Å². The molecule has 27 heavy (non-hydrogen) atoms. The van der Waals surface area contributed by atoms with E-state index < -0.39 is 5.79 Å². The zero-order chi connectivity index (χ0) is 19.2. The van der Waals surface area contributed by atoms with Gasteiger partial charge in [-0.25, -0.2) is 0 Å². The molecular formula is C24H26O3. The van der Waals surface area contributed by atoms with Crippen LogP contribution in [0, 0.1) is 5.41 Å². The molecule has 0 saturated carbocycles. The summed E-state index contributed by atoms with van der Waals surface area (Å²) in [5.74, 6) is -0.564. The van der Waals surface area contributed by atoms with Crippen LogP contribution in [-0.4, -0.2) is 16.7 Å². The van der Waals surface area contributed by atoms with E-state index in [9.17, 15) is 9.90 Å². The fraction of sp³-hybridized carbons (Fsp3) is 0.375. The molecule has 1 unspecified atom stereocenters. The smallest absolute Gasteiger partial charge is 0.205 e. The number of hydrogen-bond acceptors (Lipinski definition) is 3. The third kappa shape index (κ3) is 3.57. The summed E-state index contributed by atoms with van der Waals surface area (Å²) in [5.41, 5.74) is 3.99. The minimum atomic E-state index is -1.25. The summed E-state index contributed by atoms with van der Waals surface area (Å²) in [5, 5.41) is 10.7. The lowest BCUT2D eigenvalue weighted by Crippen LogP contribution is -2.41. The zero-order valence-electron chi connectivity index (χ0n) is 16.2. The second kappa shape index (κ2) is 6.35. The summed E-state index contributed by atoms with van der Waals surface area (Å²) in [6.45, 7) is 5.84. The maximum atomic E-state index is 12.9. The van der Waals surface area contributed by atoms with Crippen molar-refractivity contribution in [2.45, 2.75) is 51.7 Å². The lowest BCUT2D eigenvalue weighted by molar-refractivity contribution is -0.184. The topological polar surface area (TPSA) is 46.5 Å². The van der Waals surface area contributed by atoms with Crippen LogP contribution in [-0.2, 0) is 9.53 Å². The molecule has 140 valence electrons. The van der Waals surface area contributed by atoms with Crippen molar-refractivity contribution in [3.63, 3.8) is 0 Å². The molecule has 3 nitrogen and oxygen atoms in total. The van der Waals surface area contributed by atoms with Gasteiger partial charge in [0.15, 0.2) is 5.78 Å². The van der Waals surface area contributed by atoms with Gasteiger partial charge in [0.2, 0.25) is 5.79 Å². The number of allylic oxidation sites excluding steroid dienone is 2. The third-order valence-electron chi connectivity index (χ3n) is 5.57. The summed E-state index contributed by atoms with van der Waals surface area (Å²) in [6, 6.07) is 18.6. The molecular weight excluding hydrogens is 336 g/mol. The summed E-state index contributed by atoms with van der Waals surface area (Å²) >= 11 is 0. The largest absolute Gasteiger partial charge is 0.467 e. The van der Waals surface area contributed by atoms with Gasteiger partial charge in [-0.15, -0.1) is 0 Å². The Balaban J connectivity index is 1.72. The predicted molar refractivity (Wildman–Crippen MR) is 106 cm³/mol. The average molecular weight is 362 g/mol. The van der Waals surface area contributed by atoms with Gasteiger partial charge in [-0.2, -0.15) is 0 Å². The van der Waals surface area contributed by atoms with Crippen LogP contribution in [0.2, 0.25) is 0 Å². The van der Waals surface area contributed by atoms with Crippen LogP contribution in [0.15, 0.2) is 65.9 Å². The standard InChI is InChI=1S/C24H26O3/c1-23(2)14-20(25)22-19(13-24(3,26)27-21(22)15-23)18-11-9-17(10-12-18)16-7-5-4-6-8-16/h4-12,19,26H,13-15H2,1-3H3/t19-,24?/m1/s1. The molecule has 0 fully saturated rings. The molecule has 3 heteroatoms. The van der Waals surface area contributed by atoms with Crippen molar-refractivity contribution in [1.29, 1.82) is 0 Å². The number of hydrogen-bond donors (Lipinski definition) is 1. The Morgan fingerprint density at radius 1 is 0.926 bits per heavy atom. The summed E-state index contributed by atoms with van der Waals surface area (Å²) in [4.78, 5) is 12.9. The first-order chi connectivity index (χ1) is 12.7. The van der Waals surface area contributed by atoms with Gasteiger partial charge in [0.05, 0.1) is 0 Å². The molecule has 2 aliphatic rings. The molecule has 0 bridgehead atoms. The molecule has 4 rings (SSSR count). The van der Waals surface area contributed by atoms with Crippen molar-refractivity contribution >= 4 is 5.78 Å². The van der Waals surface area contributed by atoms with Gasteiger partial charge in [0.1, 0.15) is 5.76 Å². The molecule has 0 spiro atoms. The number of rotatable bonds is 2. The first-order valence-electron chi connectivity index (χ1n) is 9.57. The molecule has 2 aromatic rings. The van der Waals surface area contributed by atoms with E-state index in [-0.39, 0.29) is 17.1 Å². The Hall–Kier alpha value is -2.39. The lowest BCUT2D eigenvalue weighted by Gasteiger charge is -2.43. The van der Waals surface area contributed by atoms with Gasteiger partial charge < -0.3 is 9.84 Å². The van der Waals surface area contributed by atoms with Gasteiger partial charge in [-0.1, -0.05) is 68.4 Å². The van der Waals surface area contributed by atoms with E-state index >= 15 is 0 Å². The van der Waals surface area contributed by atoms with Crippen LogP contribution >= 0.6 is 0 Å². The Morgan fingerprint density at radius 3 is 2.22 bits per heavy atom. The summed E-state index contributed by atoms with van der Waals surface area (Å²) in [7, 11) is 0. The Labute approximate surface area is 160 Å². The van der Waals surface area contributed by atoms with E-state index in [1.165, 1.54) is 5.56 Å². The second-order valence-electron chi connectivity index (χ2n) is 8.80. The van der Waals surface area contributed by atoms with E-state index in [2.05, 4.69) is 50.2 Å². The zero-order valence-corrected chi connectivity index (χ0v) is 16.2. The van der Waals surface area contributed by atoms with Crippen LogP contribution in [0.1, 0.15) is 51.5 Å². The molecule has 0 amide bonds. The van der Waals surface area contributed by atoms with E-state index in [4.69, 9.17) is 4.74 Å². The van der Waals surface area contributed by atoms with Crippen LogP contribution in [0.3, 0.4) is 0 Å². The van der Waals surface area contributed by atoms with E-state index in [0.717, 1.165) is 16.7 Å². The predicted octanol–water partition coefficient (Wildman–Crippen LogP) is 5.21. The molecule has 0 radical (unpaired) electrons. The van der Waals surface area contributed by atoms with Crippen molar-refractivity contribution in [2.75, 3.05) is 0 Å². The molecule has 1 aliphatic carbocycles. The highest BCUT2D eigenvalue weighted by molar-refractivity contribution is 5.99. The number of carbonyl (C=O) groups is 1. The molecule has 1 aliphatic heterocycles. The summed E-state index contributed by atoms with van der Waals surface area (Å²) < 4.78 is 5.84. The fourth-order valence-corrected chi connectivity index (χ4v) is 4.37. The fourth-order valence-electron chi connectivity index (χ4n) is 4.37. The number of carbonyl (C=O) groups excluding carboxylic acids is 1. The molecule has 1 N–H and O–H groups in total. The number of benzene rings is 2. The lowest BCUT2D eigenvalue weighted by atomic mass is 9.70. The highest BCUT2D eigenvalue weighted by Crippen LogP contribution is 2.49. The van der Waals surface area contributed by atoms with Crippen LogP contribution < -0.4 is 0 Å². The molecule has 2 atom stereocenters. The first-order valence-corrected chi connectivity index (χ1v) is 9.57. The molecule has 0 aromatic heterocycles. The van der Waals surface area contributed by atoms with E-state index in [0.29, 0.717) is 25.0 Å². The average Bonchev–Trinajstić information content (AvgIpc) is 2.59. The SMILES string of the molecule is CC1(C)CC(=O)C2=C(C1)OC(C)(O)C[C@@H]2c1ccc(-c2ccccc2)cc1. The van der Waals surface area contributed by atoms with Crippen molar-refractivity contribution in [1.82, 2.24) is 0 Å². The van der Waals surface area contributed by atoms with Crippen molar-refractivity contribution in [3.05, 3.63) is 71.5 Å². The van der Waals surface area contributed by atoms with Gasteiger partial charge in [0, 0.05) is 37.7 Å².